The van der Waals surface area contributed by atoms with Crippen LogP contribution >= 0.6 is 0 Å². The molecule has 0 radical (unpaired) electrons. The maximum Gasteiger partial charge on any atom is 0.326 e. The van der Waals surface area contributed by atoms with Crippen molar-refractivity contribution >= 4 is 35.6 Å². The Balaban J connectivity index is 5.56. The predicted octanol–water partition coefficient (Wildman–Crippen LogP) is -1.24. The third-order valence-corrected chi connectivity index (χ3v) is 5.64. The van der Waals surface area contributed by atoms with Crippen LogP contribution in [0.2, 0.25) is 0 Å². The van der Waals surface area contributed by atoms with Gasteiger partial charge in [0.1, 0.15) is 18.1 Å². The number of hydrogen-bond donors (Lipinski definition) is 8. The van der Waals surface area contributed by atoms with E-state index in [0.717, 1.165) is 0 Å². The molecular formula is C22H39N5O9. The van der Waals surface area contributed by atoms with E-state index >= 15 is 0 Å². The summed E-state index contributed by atoms with van der Waals surface area (Å²) < 4.78 is 0. The van der Waals surface area contributed by atoms with Crippen molar-refractivity contribution in [2.75, 3.05) is 6.54 Å². The van der Waals surface area contributed by atoms with E-state index in [2.05, 4.69) is 16.0 Å². The molecule has 0 spiro atoms. The average molecular weight is 518 g/mol. The zero-order valence-corrected chi connectivity index (χ0v) is 20.7. The van der Waals surface area contributed by atoms with Crippen LogP contribution in [0.4, 0.5) is 0 Å². The van der Waals surface area contributed by atoms with Crippen LogP contribution in [0.15, 0.2) is 0 Å². The molecule has 0 fully saturated rings. The van der Waals surface area contributed by atoms with Crippen molar-refractivity contribution in [1.29, 1.82) is 0 Å². The Morgan fingerprint density at radius 2 is 1.31 bits per heavy atom. The second-order valence-corrected chi connectivity index (χ2v) is 8.59. The van der Waals surface area contributed by atoms with Gasteiger partial charge in [-0.3, -0.25) is 24.0 Å². The summed E-state index contributed by atoms with van der Waals surface area (Å²) in [5.41, 5.74) is 11.1. The first-order valence-corrected chi connectivity index (χ1v) is 11.9. The third-order valence-electron chi connectivity index (χ3n) is 5.64. The highest BCUT2D eigenvalue weighted by molar-refractivity contribution is 5.94. The van der Waals surface area contributed by atoms with Crippen molar-refractivity contribution in [3.8, 4) is 0 Å². The lowest BCUT2D eigenvalue weighted by atomic mass is 9.96. The zero-order chi connectivity index (χ0) is 27.8. The summed E-state index contributed by atoms with van der Waals surface area (Å²) in [5.74, 6) is -6.49. The molecule has 0 aromatic heterocycles. The van der Waals surface area contributed by atoms with E-state index in [9.17, 15) is 33.9 Å². The molecule has 5 atom stereocenters. The standard InChI is InChI=1S/C22H39N5O9/c1-3-12(2)18(27-19(32)13(24)7-9-16(28)29)21(34)25-14(8-10-17(30)31)20(33)26-15(22(35)36)6-4-5-11-23/h12-15,18H,3-11,23-24H2,1-2H3,(H,25,34)(H,26,33)(H,27,32)(H,28,29)(H,30,31)(H,35,36). The van der Waals surface area contributed by atoms with Crippen molar-refractivity contribution in [1.82, 2.24) is 16.0 Å². The molecule has 0 saturated carbocycles. The van der Waals surface area contributed by atoms with Gasteiger partial charge < -0.3 is 42.7 Å². The number of unbranched alkanes of at least 4 members (excludes halogenated alkanes) is 1. The summed E-state index contributed by atoms with van der Waals surface area (Å²) in [4.78, 5) is 71.6. The largest absolute Gasteiger partial charge is 0.481 e. The number of nitrogens with one attached hydrogen (secondary N) is 3. The highest BCUT2D eigenvalue weighted by Crippen LogP contribution is 2.11. The molecule has 206 valence electrons. The second kappa shape index (κ2) is 17.2. The summed E-state index contributed by atoms with van der Waals surface area (Å²) in [7, 11) is 0. The summed E-state index contributed by atoms with van der Waals surface area (Å²) in [5, 5.41) is 34.4. The summed E-state index contributed by atoms with van der Waals surface area (Å²) in [6.45, 7) is 3.77. The van der Waals surface area contributed by atoms with Crippen molar-refractivity contribution in [2.24, 2.45) is 17.4 Å². The van der Waals surface area contributed by atoms with E-state index in [1.165, 1.54) is 0 Å². The van der Waals surface area contributed by atoms with Gasteiger partial charge in [0.15, 0.2) is 0 Å². The normalized spacial score (nSPS) is 15.0. The minimum Gasteiger partial charge on any atom is -0.481 e. The number of amides is 3. The number of nitrogens with two attached hydrogens (primary N) is 2. The number of rotatable bonds is 19. The number of carboxylic acids is 3. The topological polar surface area (TPSA) is 251 Å². The first-order valence-electron chi connectivity index (χ1n) is 11.9. The third kappa shape index (κ3) is 13.0. The molecule has 3 amide bonds. The van der Waals surface area contributed by atoms with Crippen molar-refractivity contribution < 1.29 is 44.1 Å². The SMILES string of the molecule is CCC(C)C(NC(=O)C(N)CCC(=O)O)C(=O)NC(CCC(=O)O)C(=O)NC(CCCCN)C(=O)O. The number of aliphatic carboxylic acids is 3. The summed E-state index contributed by atoms with van der Waals surface area (Å²) in [6, 6.07) is -4.98. The number of carboxylic acid groups (broad SMARTS) is 3. The van der Waals surface area contributed by atoms with Gasteiger partial charge in [-0.2, -0.15) is 0 Å². The monoisotopic (exact) mass is 517 g/mol. The lowest BCUT2D eigenvalue weighted by molar-refractivity contribution is -0.143. The highest BCUT2D eigenvalue weighted by atomic mass is 16.4. The van der Waals surface area contributed by atoms with Gasteiger partial charge in [-0.05, 0) is 44.6 Å². The Kier molecular flexibility index (Phi) is 15.7. The van der Waals surface area contributed by atoms with Crippen molar-refractivity contribution in [3.05, 3.63) is 0 Å². The van der Waals surface area contributed by atoms with Gasteiger partial charge in [-0.1, -0.05) is 20.3 Å². The van der Waals surface area contributed by atoms with Crippen molar-refractivity contribution in [2.45, 2.75) is 89.4 Å². The van der Waals surface area contributed by atoms with Crippen LogP contribution in [0.5, 0.6) is 0 Å². The smallest absolute Gasteiger partial charge is 0.326 e. The zero-order valence-electron chi connectivity index (χ0n) is 20.7. The molecule has 14 nitrogen and oxygen atoms in total. The molecule has 0 aliphatic heterocycles. The van der Waals surface area contributed by atoms with Crippen LogP contribution in [0.25, 0.3) is 0 Å². The van der Waals surface area contributed by atoms with Gasteiger partial charge in [-0.25, -0.2) is 4.79 Å². The van der Waals surface area contributed by atoms with E-state index in [1.54, 1.807) is 13.8 Å². The van der Waals surface area contributed by atoms with Gasteiger partial charge in [0.25, 0.3) is 0 Å². The van der Waals surface area contributed by atoms with Crippen LogP contribution in [0.1, 0.15) is 65.2 Å². The fraction of sp³-hybridized carbons (Fsp3) is 0.727. The summed E-state index contributed by atoms with van der Waals surface area (Å²) >= 11 is 0. The Bertz CT molecular complexity index is 777. The van der Waals surface area contributed by atoms with Gasteiger partial charge in [-0.15, -0.1) is 0 Å². The van der Waals surface area contributed by atoms with E-state index in [1.807, 2.05) is 0 Å². The predicted molar refractivity (Wildman–Crippen MR) is 128 cm³/mol. The molecule has 36 heavy (non-hydrogen) atoms. The lowest BCUT2D eigenvalue weighted by Crippen LogP contribution is -2.58. The fourth-order valence-electron chi connectivity index (χ4n) is 3.19. The molecule has 0 aromatic rings. The fourth-order valence-corrected chi connectivity index (χ4v) is 3.19. The second-order valence-electron chi connectivity index (χ2n) is 8.59. The highest BCUT2D eigenvalue weighted by Gasteiger charge is 2.32. The van der Waals surface area contributed by atoms with Gasteiger partial charge in [0, 0.05) is 12.8 Å². The molecule has 0 aromatic carbocycles. The molecule has 0 heterocycles. The van der Waals surface area contributed by atoms with E-state index in [-0.39, 0.29) is 25.7 Å². The molecule has 10 N–H and O–H groups in total. The van der Waals surface area contributed by atoms with Crippen LogP contribution in [0, 0.1) is 5.92 Å². The number of carbonyl (C=O) groups is 6. The average Bonchev–Trinajstić information content (AvgIpc) is 2.81. The number of carbonyl (C=O) groups excluding carboxylic acids is 3. The van der Waals surface area contributed by atoms with E-state index < -0.39 is 72.1 Å². The molecule has 0 bridgehead atoms. The summed E-state index contributed by atoms with van der Waals surface area (Å²) in [6.07, 6.45) is 0.218. The molecule has 14 heteroatoms. The molecule has 0 rings (SSSR count). The Labute approximate surface area is 209 Å². The van der Waals surface area contributed by atoms with E-state index in [4.69, 9.17) is 21.7 Å². The Hall–Kier alpha value is -3.26. The van der Waals surface area contributed by atoms with Crippen molar-refractivity contribution in [3.63, 3.8) is 0 Å². The molecule has 5 unspecified atom stereocenters. The van der Waals surface area contributed by atoms with Crippen LogP contribution in [0.3, 0.4) is 0 Å². The molecule has 0 aliphatic carbocycles. The van der Waals surface area contributed by atoms with Gasteiger partial charge >= 0.3 is 17.9 Å². The first kappa shape index (κ1) is 32.7. The molecule has 0 aliphatic rings. The number of hydrogen-bond acceptors (Lipinski definition) is 8. The first-order chi connectivity index (χ1) is 16.8. The van der Waals surface area contributed by atoms with Gasteiger partial charge in [0.05, 0.1) is 6.04 Å². The van der Waals surface area contributed by atoms with Crippen LogP contribution in [-0.2, 0) is 28.8 Å². The minimum absolute atomic E-state index is 0.0949. The maximum absolute atomic E-state index is 13.0. The van der Waals surface area contributed by atoms with E-state index in [0.29, 0.717) is 25.8 Å². The van der Waals surface area contributed by atoms with Gasteiger partial charge in [0.2, 0.25) is 17.7 Å². The quantitative estimate of drug-likeness (QED) is 0.0940. The maximum atomic E-state index is 13.0. The molecule has 0 saturated heterocycles. The van der Waals surface area contributed by atoms with Crippen LogP contribution < -0.4 is 27.4 Å². The van der Waals surface area contributed by atoms with Crippen LogP contribution in [-0.4, -0.2) is 81.7 Å². The Morgan fingerprint density at radius 1 is 0.750 bits per heavy atom. The lowest BCUT2D eigenvalue weighted by Gasteiger charge is -2.28. The minimum atomic E-state index is -1.38. The molecular weight excluding hydrogens is 478 g/mol. The Morgan fingerprint density at radius 3 is 1.81 bits per heavy atom.